The van der Waals surface area contributed by atoms with Gasteiger partial charge in [-0.1, -0.05) is 11.8 Å². The average Bonchev–Trinajstić information content (AvgIpc) is 2.75. The van der Waals surface area contributed by atoms with Gasteiger partial charge < -0.3 is 0 Å². The topological polar surface area (TPSA) is 53.4 Å². The number of aliphatic imine (C=N–C) groups is 1. The second kappa shape index (κ2) is 3.28. The van der Waals surface area contributed by atoms with Crippen LogP contribution in [0.5, 0.6) is 0 Å². The number of thioether (sulfide) groups is 1. The number of amidine groups is 1. The van der Waals surface area contributed by atoms with Crippen molar-refractivity contribution in [2.75, 3.05) is 17.9 Å². The predicted molar refractivity (Wildman–Crippen MR) is 51.3 cm³/mol. The molecule has 1 aliphatic heterocycles. The number of anilines is 1. The van der Waals surface area contributed by atoms with Gasteiger partial charge in [0.15, 0.2) is 5.17 Å². The lowest BCUT2D eigenvalue weighted by atomic mass is 11.0. The maximum atomic E-state index is 4.07. The number of hydrogen-bond donors (Lipinski definition) is 1. The lowest BCUT2D eigenvalue weighted by Crippen LogP contribution is -2.32. The van der Waals surface area contributed by atoms with Gasteiger partial charge in [0.1, 0.15) is 6.33 Å². The minimum Gasteiger partial charge on any atom is -0.274 e. The van der Waals surface area contributed by atoms with Gasteiger partial charge in [0.2, 0.25) is 5.13 Å². The van der Waals surface area contributed by atoms with Crippen LogP contribution in [0.4, 0.5) is 5.13 Å². The molecule has 0 atom stereocenters. The van der Waals surface area contributed by atoms with Gasteiger partial charge in [-0.15, -0.1) is 0 Å². The van der Waals surface area contributed by atoms with E-state index in [0.29, 0.717) is 0 Å². The Bertz CT molecular complexity index is 282. The summed E-state index contributed by atoms with van der Waals surface area (Å²) >= 11 is 3.02. The lowest BCUT2D eigenvalue weighted by Gasteiger charge is -2.10. The first-order chi connectivity index (χ1) is 5.90. The fraction of sp³-hybridized carbons (Fsp3) is 0.400. The molecular formula is C5H7N5S2. The highest BCUT2D eigenvalue weighted by Gasteiger charge is 2.19. The van der Waals surface area contributed by atoms with Crippen molar-refractivity contribution in [3.8, 4) is 0 Å². The Balaban J connectivity index is 2.10. The van der Waals surface area contributed by atoms with E-state index in [9.17, 15) is 0 Å². The van der Waals surface area contributed by atoms with Gasteiger partial charge in [0.05, 0.1) is 5.88 Å². The molecule has 0 spiro atoms. The third kappa shape index (κ3) is 1.37. The summed E-state index contributed by atoms with van der Waals surface area (Å²) in [6.07, 6.45) is 1.55. The molecule has 0 amide bonds. The highest BCUT2D eigenvalue weighted by molar-refractivity contribution is 8.14. The molecule has 64 valence electrons. The average molecular weight is 201 g/mol. The summed E-state index contributed by atoms with van der Waals surface area (Å²) in [6.45, 7) is 0. The lowest BCUT2D eigenvalue weighted by molar-refractivity contribution is 0.880. The SMILES string of the molecule is CN=C1NN(c2ncns2)CS1. The summed E-state index contributed by atoms with van der Waals surface area (Å²) in [5.74, 6) is 0.835. The Hall–Kier alpha value is -0.820. The molecule has 2 heterocycles. The Morgan fingerprint density at radius 1 is 1.75 bits per heavy atom. The minimum absolute atomic E-state index is 0.835. The molecular weight excluding hydrogens is 194 g/mol. The molecule has 0 saturated carbocycles. The van der Waals surface area contributed by atoms with E-state index in [2.05, 4.69) is 19.8 Å². The number of nitrogens with one attached hydrogen (secondary N) is 1. The minimum atomic E-state index is 0.835. The van der Waals surface area contributed by atoms with Crippen LogP contribution in [-0.4, -0.2) is 27.4 Å². The smallest absolute Gasteiger partial charge is 0.224 e. The highest BCUT2D eigenvalue weighted by atomic mass is 32.2. The van der Waals surface area contributed by atoms with Crippen LogP contribution < -0.4 is 10.4 Å². The van der Waals surface area contributed by atoms with Crippen molar-refractivity contribution in [1.29, 1.82) is 0 Å². The van der Waals surface area contributed by atoms with Crippen LogP contribution in [0.25, 0.3) is 0 Å². The third-order valence-electron chi connectivity index (χ3n) is 1.34. The molecule has 0 radical (unpaired) electrons. The van der Waals surface area contributed by atoms with Crippen LogP contribution in [0.2, 0.25) is 0 Å². The van der Waals surface area contributed by atoms with Crippen LogP contribution in [0.15, 0.2) is 11.3 Å². The molecule has 1 fully saturated rings. The summed E-state index contributed by atoms with van der Waals surface area (Å²) in [5.41, 5.74) is 3.10. The summed E-state index contributed by atoms with van der Waals surface area (Å²) in [7, 11) is 1.76. The Morgan fingerprint density at radius 3 is 3.25 bits per heavy atom. The highest BCUT2D eigenvalue weighted by Crippen LogP contribution is 2.21. The predicted octanol–water partition coefficient (Wildman–Crippen LogP) is 0.539. The molecule has 5 nitrogen and oxygen atoms in total. The molecule has 1 aliphatic rings. The normalized spacial score (nSPS) is 20.1. The molecule has 7 heteroatoms. The number of rotatable bonds is 1. The molecule has 12 heavy (non-hydrogen) atoms. The van der Waals surface area contributed by atoms with Crippen molar-refractivity contribution in [3.63, 3.8) is 0 Å². The molecule has 1 saturated heterocycles. The molecule has 0 aromatic carbocycles. The largest absolute Gasteiger partial charge is 0.274 e. The van der Waals surface area contributed by atoms with Gasteiger partial charge in [-0.05, 0) is 0 Å². The van der Waals surface area contributed by atoms with E-state index in [1.54, 1.807) is 25.1 Å². The fourth-order valence-corrected chi connectivity index (χ4v) is 2.12. The van der Waals surface area contributed by atoms with Gasteiger partial charge >= 0.3 is 0 Å². The van der Waals surface area contributed by atoms with Crippen molar-refractivity contribution in [2.24, 2.45) is 4.99 Å². The van der Waals surface area contributed by atoms with Gasteiger partial charge in [-0.25, -0.2) is 9.99 Å². The van der Waals surface area contributed by atoms with Crippen LogP contribution >= 0.6 is 23.3 Å². The fourth-order valence-electron chi connectivity index (χ4n) is 0.809. The van der Waals surface area contributed by atoms with E-state index in [0.717, 1.165) is 16.2 Å². The monoisotopic (exact) mass is 201 g/mol. The summed E-state index contributed by atoms with van der Waals surface area (Å²) < 4.78 is 3.92. The van der Waals surface area contributed by atoms with E-state index in [1.807, 2.05) is 5.01 Å². The second-order valence-electron chi connectivity index (χ2n) is 2.07. The first kappa shape index (κ1) is 7.81. The first-order valence-electron chi connectivity index (χ1n) is 3.30. The zero-order valence-electron chi connectivity index (χ0n) is 6.39. The second-order valence-corrected chi connectivity index (χ2v) is 3.76. The quantitative estimate of drug-likeness (QED) is 0.718. The number of aromatic nitrogens is 2. The van der Waals surface area contributed by atoms with Gasteiger partial charge in [-0.3, -0.25) is 10.4 Å². The molecule has 0 aliphatic carbocycles. The van der Waals surface area contributed by atoms with E-state index >= 15 is 0 Å². The van der Waals surface area contributed by atoms with E-state index in [4.69, 9.17) is 0 Å². The van der Waals surface area contributed by atoms with Crippen molar-refractivity contribution in [2.45, 2.75) is 0 Å². The van der Waals surface area contributed by atoms with Crippen molar-refractivity contribution < 1.29 is 0 Å². The van der Waals surface area contributed by atoms with Crippen LogP contribution in [0.3, 0.4) is 0 Å². The van der Waals surface area contributed by atoms with E-state index in [-0.39, 0.29) is 0 Å². The first-order valence-corrected chi connectivity index (χ1v) is 5.06. The molecule has 0 unspecified atom stereocenters. The zero-order chi connectivity index (χ0) is 8.39. The van der Waals surface area contributed by atoms with Gasteiger partial charge in [0, 0.05) is 18.6 Å². The molecule has 2 rings (SSSR count). The molecule has 0 bridgehead atoms. The van der Waals surface area contributed by atoms with Crippen molar-refractivity contribution in [1.82, 2.24) is 14.8 Å². The zero-order valence-corrected chi connectivity index (χ0v) is 8.02. The molecule has 1 aromatic heterocycles. The Labute approximate surface area is 78.0 Å². The number of nitrogens with zero attached hydrogens (tertiary/aromatic N) is 4. The van der Waals surface area contributed by atoms with Gasteiger partial charge in [0.25, 0.3) is 0 Å². The Morgan fingerprint density at radius 2 is 2.67 bits per heavy atom. The number of hydrazine groups is 1. The summed E-state index contributed by atoms with van der Waals surface area (Å²) in [4.78, 5) is 8.10. The van der Waals surface area contributed by atoms with E-state index in [1.165, 1.54) is 11.5 Å². The Kier molecular flexibility index (Phi) is 2.13. The standard InChI is InChI=1S/C5H7N5S2/c1-6-4-9-10(3-11-4)5-7-2-8-12-5/h2H,3H2,1H3,(H,6,9). The van der Waals surface area contributed by atoms with Crippen molar-refractivity contribution >= 4 is 33.6 Å². The van der Waals surface area contributed by atoms with Crippen LogP contribution in [0, 0.1) is 0 Å². The third-order valence-corrected chi connectivity index (χ3v) is 2.97. The summed E-state index contributed by atoms with van der Waals surface area (Å²) in [6, 6.07) is 0. The van der Waals surface area contributed by atoms with Gasteiger partial charge in [-0.2, -0.15) is 4.37 Å². The van der Waals surface area contributed by atoms with Crippen LogP contribution in [-0.2, 0) is 0 Å². The number of hydrogen-bond acceptors (Lipinski definition) is 6. The van der Waals surface area contributed by atoms with Crippen LogP contribution in [0.1, 0.15) is 0 Å². The molecule has 1 aromatic rings. The summed E-state index contributed by atoms with van der Waals surface area (Å²) in [5, 5.41) is 3.72. The van der Waals surface area contributed by atoms with Crippen molar-refractivity contribution in [3.05, 3.63) is 6.33 Å². The van der Waals surface area contributed by atoms with E-state index < -0.39 is 0 Å². The maximum Gasteiger partial charge on any atom is 0.224 e. The maximum absolute atomic E-state index is 4.07. The molecule has 1 N–H and O–H groups in total.